The summed E-state index contributed by atoms with van der Waals surface area (Å²) in [5, 5.41) is 9.60. The molecule has 0 unspecified atom stereocenters. The first-order valence-electron chi connectivity index (χ1n) is 8.84. The smallest absolute Gasteiger partial charge is 0.262 e. The molecule has 0 fully saturated rings. The largest absolute Gasteiger partial charge is 0.276 e. The highest BCUT2D eigenvalue weighted by Crippen LogP contribution is 2.25. The SMILES string of the molecule is CCCn1c(=O)c2cc(F)ccc2n2c(SCc3cccc(C)c3)nnc12. The molecule has 138 valence electrons. The van der Waals surface area contributed by atoms with Gasteiger partial charge in [-0.2, -0.15) is 0 Å². The molecule has 0 amide bonds. The van der Waals surface area contributed by atoms with E-state index in [0.29, 0.717) is 28.4 Å². The molecule has 7 heteroatoms. The van der Waals surface area contributed by atoms with Crippen LogP contribution in [0.2, 0.25) is 0 Å². The number of nitrogens with zero attached hydrogens (tertiary/aromatic N) is 4. The van der Waals surface area contributed by atoms with Crippen LogP contribution in [0, 0.1) is 12.7 Å². The van der Waals surface area contributed by atoms with Crippen LogP contribution < -0.4 is 5.56 Å². The molecule has 27 heavy (non-hydrogen) atoms. The monoisotopic (exact) mass is 382 g/mol. The predicted octanol–water partition coefficient (Wildman–Crippen LogP) is 4.19. The van der Waals surface area contributed by atoms with Crippen LogP contribution in [0.25, 0.3) is 16.7 Å². The van der Waals surface area contributed by atoms with Crippen molar-refractivity contribution in [2.45, 2.75) is 37.7 Å². The summed E-state index contributed by atoms with van der Waals surface area (Å²) in [5.41, 5.74) is 2.79. The van der Waals surface area contributed by atoms with E-state index in [-0.39, 0.29) is 5.56 Å². The Kier molecular flexibility index (Phi) is 4.70. The molecule has 0 bridgehead atoms. The van der Waals surface area contributed by atoms with Crippen LogP contribution >= 0.6 is 11.8 Å². The summed E-state index contributed by atoms with van der Waals surface area (Å²) in [5.74, 6) is 0.801. The normalized spacial score (nSPS) is 11.5. The molecule has 0 saturated heterocycles. The Hall–Kier alpha value is -2.67. The Balaban J connectivity index is 1.87. The minimum absolute atomic E-state index is 0.235. The number of hydrogen-bond acceptors (Lipinski definition) is 4. The Labute approximate surface area is 159 Å². The van der Waals surface area contributed by atoms with Gasteiger partial charge < -0.3 is 0 Å². The number of benzene rings is 2. The lowest BCUT2D eigenvalue weighted by Crippen LogP contribution is -2.23. The van der Waals surface area contributed by atoms with Gasteiger partial charge in [0, 0.05) is 12.3 Å². The van der Waals surface area contributed by atoms with E-state index in [1.165, 1.54) is 23.3 Å². The second kappa shape index (κ2) is 7.15. The van der Waals surface area contributed by atoms with Gasteiger partial charge in [-0.15, -0.1) is 10.2 Å². The number of aryl methyl sites for hydroxylation is 2. The molecule has 0 aliphatic rings. The van der Waals surface area contributed by atoms with Crippen LogP contribution in [0.1, 0.15) is 24.5 Å². The van der Waals surface area contributed by atoms with Gasteiger partial charge in [0.05, 0.1) is 10.9 Å². The van der Waals surface area contributed by atoms with Crippen LogP contribution in [-0.4, -0.2) is 19.2 Å². The lowest BCUT2D eigenvalue weighted by molar-refractivity contribution is 0.627. The molecule has 5 nitrogen and oxygen atoms in total. The molecule has 4 aromatic rings. The maximum atomic E-state index is 13.8. The van der Waals surface area contributed by atoms with Crippen molar-refractivity contribution in [2.75, 3.05) is 0 Å². The molecule has 2 aromatic carbocycles. The van der Waals surface area contributed by atoms with E-state index in [9.17, 15) is 9.18 Å². The van der Waals surface area contributed by atoms with Crippen LogP contribution in [0.5, 0.6) is 0 Å². The highest BCUT2D eigenvalue weighted by Gasteiger charge is 2.17. The standard InChI is InChI=1S/C20H19FN4OS/c1-3-9-24-18(26)16-11-15(21)7-8-17(16)25-19(24)22-23-20(25)27-12-14-6-4-5-13(2)10-14/h4-8,10-11H,3,9,12H2,1-2H3. The summed E-state index contributed by atoms with van der Waals surface area (Å²) in [4.78, 5) is 12.8. The number of rotatable bonds is 5. The summed E-state index contributed by atoms with van der Waals surface area (Å²) in [6.07, 6.45) is 0.773. The van der Waals surface area contributed by atoms with Gasteiger partial charge in [0.15, 0.2) is 5.16 Å². The maximum Gasteiger partial charge on any atom is 0.262 e. The summed E-state index contributed by atoms with van der Waals surface area (Å²) in [7, 11) is 0. The average molecular weight is 382 g/mol. The minimum atomic E-state index is -0.427. The molecule has 4 rings (SSSR count). The van der Waals surface area contributed by atoms with Crippen LogP contribution in [0.4, 0.5) is 4.39 Å². The maximum absolute atomic E-state index is 13.8. The van der Waals surface area contributed by atoms with E-state index in [4.69, 9.17) is 0 Å². The first-order chi connectivity index (χ1) is 13.1. The van der Waals surface area contributed by atoms with Crippen molar-refractivity contribution in [3.05, 3.63) is 69.8 Å². The lowest BCUT2D eigenvalue weighted by atomic mass is 10.2. The van der Waals surface area contributed by atoms with E-state index in [0.717, 1.165) is 12.2 Å². The van der Waals surface area contributed by atoms with Gasteiger partial charge in [0.1, 0.15) is 5.82 Å². The molecule has 2 aromatic heterocycles. The van der Waals surface area contributed by atoms with Gasteiger partial charge in [-0.1, -0.05) is 48.5 Å². The molecule has 0 atom stereocenters. The van der Waals surface area contributed by atoms with Gasteiger partial charge in [-0.05, 0) is 37.1 Å². The zero-order valence-electron chi connectivity index (χ0n) is 15.1. The second-order valence-corrected chi connectivity index (χ2v) is 7.46. The van der Waals surface area contributed by atoms with Crippen molar-refractivity contribution in [3.63, 3.8) is 0 Å². The summed E-state index contributed by atoms with van der Waals surface area (Å²) >= 11 is 1.55. The highest BCUT2D eigenvalue weighted by atomic mass is 32.2. The Bertz CT molecular complexity index is 1200. The fraction of sp³-hybridized carbons (Fsp3) is 0.250. The van der Waals surface area contributed by atoms with E-state index < -0.39 is 5.82 Å². The van der Waals surface area contributed by atoms with Crippen molar-refractivity contribution in [3.8, 4) is 0 Å². The lowest BCUT2D eigenvalue weighted by Gasteiger charge is -2.10. The molecule has 0 saturated carbocycles. The highest BCUT2D eigenvalue weighted by molar-refractivity contribution is 7.98. The average Bonchev–Trinajstić information content (AvgIpc) is 3.07. The Morgan fingerprint density at radius 2 is 2.00 bits per heavy atom. The first-order valence-corrected chi connectivity index (χ1v) is 9.82. The number of thioether (sulfide) groups is 1. The number of fused-ring (bicyclic) bond motifs is 3. The summed E-state index contributed by atoms with van der Waals surface area (Å²) in [6.45, 7) is 4.56. The van der Waals surface area contributed by atoms with Crippen LogP contribution in [-0.2, 0) is 12.3 Å². The molecule has 0 aliphatic carbocycles. The Morgan fingerprint density at radius 3 is 2.78 bits per heavy atom. The van der Waals surface area contributed by atoms with Gasteiger partial charge >= 0.3 is 0 Å². The van der Waals surface area contributed by atoms with Gasteiger partial charge in [-0.3, -0.25) is 13.8 Å². The van der Waals surface area contributed by atoms with Crippen molar-refractivity contribution in [1.29, 1.82) is 0 Å². The third kappa shape index (κ3) is 3.23. The number of aromatic nitrogens is 4. The molecular weight excluding hydrogens is 363 g/mol. The molecule has 0 N–H and O–H groups in total. The third-order valence-electron chi connectivity index (χ3n) is 4.43. The summed E-state index contributed by atoms with van der Waals surface area (Å²) in [6, 6.07) is 12.6. The van der Waals surface area contributed by atoms with Gasteiger partial charge in [0.25, 0.3) is 5.56 Å². The van der Waals surface area contributed by atoms with E-state index in [1.807, 2.05) is 17.4 Å². The first kappa shape index (κ1) is 17.7. The fourth-order valence-corrected chi connectivity index (χ4v) is 4.11. The topological polar surface area (TPSA) is 52.2 Å². The third-order valence-corrected chi connectivity index (χ3v) is 5.43. The molecule has 0 spiro atoms. The van der Waals surface area contributed by atoms with Gasteiger partial charge in [0.2, 0.25) is 5.78 Å². The zero-order valence-corrected chi connectivity index (χ0v) is 16.0. The van der Waals surface area contributed by atoms with Gasteiger partial charge in [-0.25, -0.2) is 4.39 Å². The predicted molar refractivity (Wildman–Crippen MR) is 106 cm³/mol. The van der Waals surface area contributed by atoms with Crippen molar-refractivity contribution < 1.29 is 4.39 Å². The van der Waals surface area contributed by atoms with Crippen molar-refractivity contribution in [1.82, 2.24) is 19.2 Å². The minimum Gasteiger partial charge on any atom is -0.276 e. The van der Waals surface area contributed by atoms with E-state index >= 15 is 0 Å². The van der Waals surface area contributed by atoms with Crippen LogP contribution in [0.15, 0.2) is 52.4 Å². The fourth-order valence-electron chi connectivity index (χ4n) is 3.23. The Morgan fingerprint density at radius 1 is 1.15 bits per heavy atom. The molecular formula is C20H19FN4OS. The van der Waals surface area contributed by atoms with Crippen molar-refractivity contribution in [2.24, 2.45) is 0 Å². The van der Waals surface area contributed by atoms with E-state index in [1.54, 1.807) is 22.4 Å². The van der Waals surface area contributed by atoms with Crippen molar-refractivity contribution >= 4 is 28.4 Å². The summed E-state index contributed by atoms with van der Waals surface area (Å²) < 4.78 is 17.2. The quantitative estimate of drug-likeness (QED) is 0.486. The second-order valence-electron chi connectivity index (χ2n) is 6.51. The molecule has 0 radical (unpaired) electrons. The molecule has 2 heterocycles. The molecule has 0 aliphatic heterocycles. The van der Waals surface area contributed by atoms with E-state index in [2.05, 4.69) is 35.3 Å². The van der Waals surface area contributed by atoms with Crippen LogP contribution in [0.3, 0.4) is 0 Å². The zero-order chi connectivity index (χ0) is 19.0. The number of hydrogen-bond donors (Lipinski definition) is 0. The number of halogens is 1.